The summed E-state index contributed by atoms with van der Waals surface area (Å²) >= 11 is 5.85. The number of aryl methyl sites for hydroxylation is 3. The lowest BCUT2D eigenvalue weighted by Crippen LogP contribution is -2.03. The zero-order valence-electron chi connectivity index (χ0n) is 11.5. The average Bonchev–Trinajstić information content (AvgIpc) is 2.33. The van der Waals surface area contributed by atoms with E-state index in [0.717, 1.165) is 16.8 Å². The Hall–Kier alpha value is -2.07. The van der Waals surface area contributed by atoms with Crippen LogP contribution in [0.2, 0.25) is 5.15 Å². The Morgan fingerprint density at radius 1 is 1.15 bits per heavy atom. The fourth-order valence-electron chi connectivity index (χ4n) is 2.19. The van der Waals surface area contributed by atoms with E-state index in [2.05, 4.69) is 22.4 Å². The largest absolute Gasteiger partial charge is 0.478 e. The van der Waals surface area contributed by atoms with Crippen LogP contribution in [-0.4, -0.2) is 16.1 Å². The predicted molar refractivity (Wildman–Crippen MR) is 80.1 cm³/mol. The molecule has 0 aliphatic heterocycles. The molecule has 104 valence electrons. The van der Waals surface area contributed by atoms with Crippen molar-refractivity contribution in [3.05, 3.63) is 51.7 Å². The highest BCUT2D eigenvalue weighted by Gasteiger charge is 2.10. The van der Waals surface area contributed by atoms with Crippen molar-refractivity contribution in [3.8, 4) is 0 Å². The van der Waals surface area contributed by atoms with Crippen molar-refractivity contribution >= 4 is 29.1 Å². The van der Waals surface area contributed by atoms with E-state index in [1.54, 1.807) is 0 Å². The molecule has 1 aromatic carbocycles. The zero-order chi connectivity index (χ0) is 14.9. The number of benzene rings is 1. The molecule has 0 spiro atoms. The summed E-state index contributed by atoms with van der Waals surface area (Å²) in [4.78, 5) is 15.1. The quantitative estimate of drug-likeness (QED) is 0.835. The van der Waals surface area contributed by atoms with E-state index < -0.39 is 5.97 Å². The third kappa shape index (κ3) is 3.08. The summed E-state index contributed by atoms with van der Waals surface area (Å²) in [6.45, 7) is 6.01. The summed E-state index contributed by atoms with van der Waals surface area (Å²) in [6.07, 6.45) is 0. The minimum absolute atomic E-state index is 0.106. The van der Waals surface area contributed by atoms with Gasteiger partial charge in [-0.1, -0.05) is 29.3 Å². The predicted octanol–water partition coefficient (Wildman–Crippen LogP) is 4.10. The van der Waals surface area contributed by atoms with Gasteiger partial charge in [0.15, 0.2) is 0 Å². The maximum absolute atomic E-state index is 11.0. The summed E-state index contributed by atoms with van der Waals surface area (Å²) in [6, 6.07) is 6.90. The van der Waals surface area contributed by atoms with Crippen LogP contribution >= 0.6 is 11.6 Å². The van der Waals surface area contributed by atoms with E-state index in [1.165, 1.54) is 17.7 Å². The van der Waals surface area contributed by atoms with E-state index in [1.807, 2.05) is 20.8 Å². The van der Waals surface area contributed by atoms with Gasteiger partial charge < -0.3 is 10.4 Å². The van der Waals surface area contributed by atoms with Gasteiger partial charge in [0.1, 0.15) is 11.0 Å². The molecule has 0 bridgehead atoms. The Morgan fingerprint density at radius 3 is 2.30 bits per heavy atom. The smallest absolute Gasteiger partial charge is 0.335 e. The van der Waals surface area contributed by atoms with E-state index in [-0.39, 0.29) is 10.7 Å². The lowest BCUT2D eigenvalue weighted by atomic mass is 10.1. The molecule has 0 aliphatic carbocycles. The SMILES string of the molecule is Cc1cc(C)c(Nc2cc(C(=O)O)cc(Cl)n2)c(C)c1. The van der Waals surface area contributed by atoms with Crippen LogP contribution in [0.5, 0.6) is 0 Å². The minimum atomic E-state index is -1.03. The highest BCUT2D eigenvalue weighted by atomic mass is 35.5. The number of hydrogen-bond acceptors (Lipinski definition) is 3. The van der Waals surface area contributed by atoms with Crippen molar-refractivity contribution in [1.29, 1.82) is 0 Å². The molecule has 0 saturated carbocycles. The molecule has 2 N–H and O–H groups in total. The molecule has 1 heterocycles. The second kappa shape index (κ2) is 5.51. The van der Waals surface area contributed by atoms with E-state index >= 15 is 0 Å². The summed E-state index contributed by atoms with van der Waals surface area (Å²) in [5, 5.41) is 12.3. The van der Waals surface area contributed by atoms with Gasteiger partial charge in [-0.15, -0.1) is 0 Å². The average molecular weight is 291 g/mol. The van der Waals surface area contributed by atoms with Gasteiger partial charge in [-0.2, -0.15) is 0 Å². The molecule has 0 saturated heterocycles. The Labute approximate surface area is 122 Å². The first-order valence-corrected chi connectivity index (χ1v) is 6.50. The Balaban J connectivity index is 2.42. The Kier molecular flexibility index (Phi) is 3.95. The van der Waals surface area contributed by atoms with Gasteiger partial charge in [0.25, 0.3) is 0 Å². The van der Waals surface area contributed by atoms with Gasteiger partial charge in [-0.3, -0.25) is 0 Å². The number of halogens is 1. The third-order valence-electron chi connectivity index (χ3n) is 2.97. The van der Waals surface area contributed by atoms with Crippen LogP contribution in [0.4, 0.5) is 11.5 Å². The molecule has 0 atom stereocenters. The van der Waals surface area contributed by atoms with Crippen molar-refractivity contribution in [2.24, 2.45) is 0 Å². The lowest BCUT2D eigenvalue weighted by Gasteiger charge is -2.13. The number of hydrogen-bond donors (Lipinski definition) is 2. The number of pyridine rings is 1. The normalized spacial score (nSPS) is 10.4. The summed E-state index contributed by atoms with van der Waals surface area (Å²) in [5.74, 6) is -0.611. The highest BCUT2D eigenvalue weighted by Crippen LogP contribution is 2.26. The number of carbonyl (C=O) groups is 1. The van der Waals surface area contributed by atoms with Gasteiger partial charge in [0, 0.05) is 5.69 Å². The maximum Gasteiger partial charge on any atom is 0.335 e. The van der Waals surface area contributed by atoms with Crippen LogP contribution in [0, 0.1) is 20.8 Å². The first-order valence-electron chi connectivity index (χ1n) is 6.12. The van der Waals surface area contributed by atoms with Crippen molar-refractivity contribution < 1.29 is 9.90 Å². The molecule has 1 aromatic heterocycles. The standard InChI is InChI=1S/C15H15ClN2O2/c1-8-4-9(2)14(10(3)5-8)18-13-7-11(15(19)20)6-12(16)17-13/h4-7H,1-3H3,(H,17,18)(H,19,20). The molecule has 0 radical (unpaired) electrons. The molecule has 0 aliphatic rings. The molecular weight excluding hydrogens is 276 g/mol. The second-order valence-electron chi connectivity index (χ2n) is 4.77. The molecule has 20 heavy (non-hydrogen) atoms. The Morgan fingerprint density at radius 2 is 1.75 bits per heavy atom. The fourth-order valence-corrected chi connectivity index (χ4v) is 2.40. The Bertz CT molecular complexity index is 661. The molecule has 5 heteroatoms. The van der Waals surface area contributed by atoms with Crippen LogP contribution in [0.25, 0.3) is 0 Å². The molecule has 0 unspecified atom stereocenters. The van der Waals surface area contributed by atoms with Gasteiger partial charge >= 0.3 is 5.97 Å². The van der Waals surface area contributed by atoms with Crippen molar-refractivity contribution in [2.45, 2.75) is 20.8 Å². The van der Waals surface area contributed by atoms with Crippen molar-refractivity contribution in [2.75, 3.05) is 5.32 Å². The van der Waals surface area contributed by atoms with Crippen LogP contribution < -0.4 is 5.32 Å². The van der Waals surface area contributed by atoms with Gasteiger partial charge in [0.05, 0.1) is 5.56 Å². The summed E-state index contributed by atoms with van der Waals surface area (Å²) in [5.41, 5.74) is 4.34. The van der Waals surface area contributed by atoms with Gasteiger partial charge in [0.2, 0.25) is 0 Å². The number of carboxylic acid groups (broad SMARTS) is 1. The van der Waals surface area contributed by atoms with E-state index in [4.69, 9.17) is 16.7 Å². The van der Waals surface area contributed by atoms with Crippen LogP contribution in [0.15, 0.2) is 24.3 Å². The highest BCUT2D eigenvalue weighted by molar-refractivity contribution is 6.29. The number of nitrogens with zero attached hydrogens (tertiary/aromatic N) is 1. The van der Waals surface area contributed by atoms with Crippen LogP contribution in [0.1, 0.15) is 27.0 Å². The first kappa shape index (κ1) is 14.3. The topological polar surface area (TPSA) is 62.2 Å². The van der Waals surface area contributed by atoms with Crippen molar-refractivity contribution in [3.63, 3.8) is 0 Å². The summed E-state index contributed by atoms with van der Waals surface area (Å²) < 4.78 is 0. The fraction of sp³-hybridized carbons (Fsp3) is 0.200. The number of rotatable bonds is 3. The second-order valence-corrected chi connectivity index (χ2v) is 5.15. The molecular formula is C15H15ClN2O2. The number of aromatic carboxylic acids is 1. The van der Waals surface area contributed by atoms with Gasteiger partial charge in [-0.05, 0) is 44.0 Å². The van der Waals surface area contributed by atoms with E-state index in [0.29, 0.717) is 5.82 Å². The van der Waals surface area contributed by atoms with Crippen molar-refractivity contribution in [1.82, 2.24) is 4.98 Å². The first-order chi connectivity index (χ1) is 9.36. The molecule has 0 amide bonds. The number of anilines is 2. The van der Waals surface area contributed by atoms with Crippen LogP contribution in [0.3, 0.4) is 0 Å². The molecule has 4 nitrogen and oxygen atoms in total. The number of nitrogens with one attached hydrogen (secondary N) is 1. The maximum atomic E-state index is 11.0. The molecule has 0 fully saturated rings. The third-order valence-corrected chi connectivity index (χ3v) is 3.16. The zero-order valence-corrected chi connectivity index (χ0v) is 12.2. The lowest BCUT2D eigenvalue weighted by molar-refractivity contribution is 0.0697. The monoisotopic (exact) mass is 290 g/mol. The summed E-state index contributed by atoms with van der Waals surface area (Å²) in [7, 11) is 0. The van der Waals surface area contributed by atoms with E-state index in [9.17, 15) is 4.79 Å². The molecule has 2 rings (SSSR count). The number of aromatic nitrogens is 1. The van der Waals surface area contributed by atoms with Crippen LogP contribution in [-0.2, 0) is 0 Å². The minimum Gasteiger partial charge on any atom is -0.478 e. The number of carboxylic acids is 1. The van der Waals surface area contributed by atoms with Gasteiger partial charge in [-0.25, -0.2) is 9.78 Å². The molecule has 2 aromatic rings.